The average molecular weight is 749 g/mol. The van der Waals surface area contributed by atoms with Crippen LogP contribution in [0.4, 0.5) is 4.79 Å². The zero-order valence-electron chi connectivity index (χ0n) is 32.3. The number of piperazine rings is 1. The Morgan fingerprint density at radius 2 is 1.13 bits per heavy atom. The molecule has 1 aliphatic heterocycles. The van der Waals surface area contributed by atoms with Gasteiger partial charge in [0.1, 0.15) is 24.4 Å². The summed E-state index contributed by atoms with van der Waals surface area (Å²) in [5.41, 5.74) is -1.42. The smallest absolute Gasteiger partial charge is 0.410 e. The van der Waals surface area contributed by atoms with Crippen LogP contribution >= 0.6 is 0 Å². The van der Waals surface area contributed by atoms with Gasteiger partial charge in [-0.15, -0.1) is 0 Å². The van der Waals surface area contributed by atoms with E-state index < -0.39 is 66.1 Å². The van der Waals surface area contributed by atoms with E-state index in [1.807, 2.05) is 91.0 Å². The summed E-state index contributed by atoms with van der Waals surface area (Å²) in [6.07, 6.45) is -5.37. The fourth-order valence-electron chi connectivity index (χ4n) is 5.72. The van der Waals surface area contributed by atoms with Gasteiger partial charge < -0.3 is 43.7 Å². The van der Waals surface area contributed by atoms with E-state index in [-0.39, 0.29) is 46.0 Å². The summed E-state index contributed by atoms with van der Waals surface area (Å²) in [4.78, 5) is 43.3. The normalized spacial score (nSPS) is 16.5. The van der Waals surface area contributed by atoms with Crippen LogP contribution in [0.25, 0.3) is 0 Å². The molecule has 12 heteroatoms. The van der Waals surface area contributed by atoms with E-state index in [9.17, 15) is 24.6 Å². The highest BCUT2D eigenvalue weighted by Crippen LogP contribution is 2.28. The van der Waals surface area contributed by atoms with E-state index in [1.54, 1.807) is 41.5 Å². The second-order valence-corrected chi connectivity index (χ2v) is 15.6. The second-order valence-electron chi connectivity index (χ2n) is 15.6. The van der Waals surface area contributed by atoms with Crippen molar-refractivity contribution in [2.75, 3.05) is 39.4 Å². The maximum absolute atomic E-state index is 14.4. The Hall–Kier alpha value is -4.33. The third kappa shape index (κ3) is 12.9. The fourth-order valence-corrected chi connectivity index (χ4v) is 5.72. The van der Waals surface area contributed by atoms with Crippen LogP contribution in [-0.4, -0.2) is 107 Å². The molecule has 0 aliphatic carbocycles. The van der Waals surface area contributed by atoms with Crippen LogP contribution in [0.3, 0.4) is 0 Å². The van der Waals surface area contributed by atoms with Crippen molar-refractivity contribution >= 4 is 18.0 Å². The lowest BCUT2D eigenvalue weighted by molar-refractivity contribution is -0.226. The lowest BCUT2D eigenvalue weighted by atomic mass is 9.89. The van der Waals surface area contributed by atoms with Crippen LogP contribution in [0.5, 0.6) is 0 Å². The van der Waals surface area contributed by atoms with E-state index >= 15 is 0 Å². The molecule has 1 aliphatic rings. The molecule has 2 amide bonds. The molecule has 4 rings (SSSR count). The predicted octanol–water partition coefficient (Wildman–Crippen LogP) is 5.13. The monoisotopic (exact) mass is 748 g/mol. The molecule has 0 aromatic heterocycles. The van der Waals surface area contributed by atoms with Crippen molar-refractivity contribution in [3.63, 3.8) is 0 Å². The van der Waals surface area contributed by atoms with Crippen molar-refractivity contribution in [2.45, 2.75) is 90.9 Å². The SMILES string of the molecule is CC(C)(C)OC(=O)N1CCN(C(=O)[C@H](OCc2ccccc2)[C@@H](O)[C@H](OCc2ccccc2)[C@@](O)(COCc2ccccc2)COC(=O)C(C)(C)C)CC1. The molecule has 0 spiro atoms. The van der Waals surface area contributed by atoms with Crippen molar-refractivity contribution < 1.29 is 48.3 Å². The highest BCUT2D eigenvalue weighted by molar-refractivity contribution is 5.82. The van der Waals surface area contributed by atoms with Gasteiger partial charge in [0.2, 0.25) is 0 Å². The Morgan fingerprint density at radius 3 is 1.61 bits per heavy atom. The first-order valence-electron chi connectivity index (χ1n) is 18.3. The highest BCUT2D eigenvalue weighted by Gasteiger charge is 2.50. The van der Waals surface area contributed by atoms with Crippen LogP contribution in [-0.2, 0) is 53.1 Å². The van der Waals surface area contributed by atoms with E-state index in [0.29, 0.717) is 0 Å². The Kier molecular flexibility index (Phi) is 15.2. The van der Waals surface area contributed by atoms with Gasteiger partial charge in [-0.2, -0.15) is 0 Å². The lowest BCUT2D eigenvalue weighted by Gasteiger charge is -2.42. The molecular formula is C42H56N2O10. The Balaban J connectivity index is 1.67. The van der Waals surface area contributed by atoms with Crippen molar-refractivity contribution in [3.05, 3.63) is 108 Å². The van der Waals surface area contributed by atoms with Gasteiger partial charge in [-0.3, -0.25) is 9.59 Å². The summed E-state index contributed by atoms with van der Waals surface area (Å²) >= 11 is 0. The molecule has 1 fully saturated rings. The number of nitrogens with zero attached hydrogens (tertiary/aromatic N) is 2. The number of aliphatic hydroxyl groups excluding tert-OH is 1. The van der Waals surface area contributed by atoms with Gasteiger partial charge in [0.15, 0.2) is 11.7 Å². The number of amides is 2. The first-order valence-corrected chi connectivity index (χ1v) is 18.3. The fraction of sp³-hybridized carbons (Fsp3) is 0.500. The number of esters is 1. The van der Waals surface area contributed by atoms with Crippen molar-refractivity contribution in [1.29, 1.82) is 0 Å². The summed E-state index contributed by atoms with van der Waals surface area (Å²) in [6, 6.07) is 27.7. The number of aliphatic hydroxyl groups is 2. The van der Waals surface area contributed by atoms with Gasteiger partial charge in [-0.25, -0.2) is 4.79 Å². The molecule has 1 saturated heterocycles. The molecule has 0 unspecified atom stereocenters. The van der Waals surface area contributed by atoms with Crippen LogP contribution in [0.1, 0.15) is 58.2 Å². The summed E-state index contributed by atoms with van der Waals surface area (Å²) in [6.45, 7) is 10.1. The minimum atomic E-state index is -2.16. The van der Waals surface area contributed by atoms with E-state index in [0.717, 1.165) is 16.7 Å². The Morgan fingerprint density at radius 1 is 0.667 bits per heavy atom. The molecule has 0 bridgehead atoms. The summed E-state index contributed by atoms with van der Waals surface area (Å²) in [5, 5.41) is 24.8. The third-order valence-electron chi connectivity index (χ3n) is 8.71. The standard InChI is InChI=1S/C42H56N2O10/c1-40(2,3)38(47)53-30-42(49,29-50-26-31-16-10-7-11-17-31)36(52-28-33-20-14-9-15-21-33)34(45)35(51-27-32-18-12-8-13-19-32)37(46)43-22-24-44(25-23-43)39(48)54-41(4,5)6/h7-21,34-36,45,49H,22-30H2,1-6H3/t34-,35-,36+,42-/m1/s1. The number of hydrogen-bond donors (Lipinski definition) is 2. The topological polar surface area (TPSA) is 144 Å². The number of carbonyl (C=O) groups excluding carboxylic acids is 3. The molecule has 0 saturated carbocycles. The molecule has 54 heavy (non-hydrogen) atoms. The molecular weight excluding hydrogens is 692 g/mol. The van der Waals surface area contributed by atoms with Crippen LogP contribution < -0.4 is 0 Å². The van der Waals surface area contributed by atoms with Gasteiger partial charge >= 0.3 is 12.1 Å². The maximum atomic E-state index is 14.4. The zero-order chi connectivity index (χ0) is 39.4. The lowest BCUT2D eigenvalue weighted by Crippen LogP contribution is -2.63. The predicted molar refractivity (Wildman–Crippen MR) is 202 cm³/mol. The quantitative estimate of drug-likeness (QED) is 0.189. The molecule has 3 aromatic rings. The van der Waals surface area contributed by atoms with Gasteiger partial charge in [0, 0.05) is 26.2 Å². The molecule has 2 N–H and O–H groups in total. The van der Waals surface area contributed by atoms with Crippen LogP contribution in [0.2, 0.25) is 0 Å². The highest BCUT2D eigenvalue weighted by atomic mass is 16.6. The molecule has 3 aromatic carbocycles. The summed E-state index contributed by atoms with van der Waals surface area (Å²) in [7, 11) is 0. The number of hydrogen-bond acceptors (Lipinski definition) is 10. The van der Waals surface area contributed by atoms with Gasteiger partial charge in [-0.1, -0.05) is 91.0 Å². The molecule has 1 heterocycles. The Bertz CT molecular complexity index is 1600. The van der Waals surface area contributed by atoms with Crippen LogP contribution in [0, 0.1) is 5.41 Å². The molecule has 4 atom stereocenters. The van der Waals surface area contributed by atoms with E-state index in [1.165, 1.54) is 9.80 Å². The third-order valence-corrected chi connectivity index (χ3v) is 8.71. The number of rotatable bonds is 16. The minimum Gasteiger partial charge on any atom is -0.462 e. The first kappa shape index (κ1) is 42.4. The minimum absolute atomic E-state index is 0.0421. The van der Waals surface area contributed by atoms with Gasteiger partial charge in [0.25, 0.3) is 5.91 Å². The number of carbonyl (C=O) groups is 3. The van der Waals surface area contributed by atoms with Gasteiger partial charge in [0.05, 0.1) is 31.8 Å². The van der Waals surface area contributed by atoms with Crippen molar-refractivity contribution in [3.8, 4) is 0 Å². The van der Waals surface area contributed by atoms with Gasteiger partial charge in [-0.05, 0) is 58.2 Å². The summed E-state index contributed by atoms with van der Waals surface area (Å²) in [5.74, 6) is -1.15. The average Bonchev–Trinajstić information content (AvgIpc) is 3.14. The Labute approximate surface area is 318 Å². The zero-order valence-corrected chi connectivity index (χ0v) is 32.3. The van der Waals surface area contributed by atoms with E-state index in [2.05, 4.69) is 0 Å². The molecule has 0 radical (unpaired) electrons. The number of benzene rings is 3. The molecule has 12 nitrogen and oxygen atoms in total. The first-order chi connectivity index (χ1) is 25.6. The molecule has 294 valence electrons. The largest absolute Gasteiger partial charge is 0.462 e. The number of ether oxygens (including phenoxy) is 5. The van der Waals surface area contributed by atoms with E-state index in [4.69, 9.17) is 23.7 Å². The van der Waals surface area contributed by atoms with Crippen molar-refractivity contribution in [2.24, 2.45) is 5.41 Å². The second kappa shape index (κ2) is 19.3. The van der Waals surface area contributed by atoms with Crippen LogP contribution in [0.15, 0.2) is 91.0 Å². The maximum Gasteiger partial charge on any atom is 0.410 e. The van der Waals surface area contributed by atoms with Crippen molar-refractivity contribution in [1.82, 2.24) is 9.80 Å². The summed E-state index contributed by atoms with van der Waals surface area (Å²) < 4.78 is 29.8.